The van der Waals surface area contributed by atoms with E-state index in [2.05, 4.69) is 10.6 Å². The van der Waals surface area contributed by atoms with E-state index in [1.807, 2.05) is 5.38 Å². The Morgan fingerprint density at radius 1 is 1.00 bits per heavy atom. The molecule has 1 fully saturated rings. The Kier molecular flexibility index (Phi) is 5.58. The molecule has 3 aromatic rings. The van der Waals surface area contributed by atoms with Gasteiger partial charge >= 0.3 is 0 Å². The van der Waals surface area contributed by atoms with Crippen molar-refractivity contribution in [3.05, 3.63) is 76.7 Å². The maximum absolute atomic E-state index is 13.1. The summed E-state index contributed by atoms with van der Waals surface area (Å²) in [5, 5.41) is 9.17. The molecule has 0 bridgehead atoms. The maximum atomic E-state index is 13.1. The normalized spacial score (nSPS) is 15.8. The minimum Gasteiger partial charge on any atom is -0.324 e. The van der Waals surface area contributed by atoms with E-state index < -0.39 is 5.92 Å². The molecule has 1 saturated heterocycles. The lowest BCUT2D eigenvalue weighted by Crippen LogP contribution is -2.28. The lowest BCUT2D eigenvalue weighted by atomic mass is 10.1. The predicted octanol–water partition coefficient (Wildman–Crippen LogP) is 4.13. The molecule has 0 saturated carbocycles. The molecule has 0 spiro atoms. The lowest BCUT2D eigenvalue weighted by molar-refractivity contribution is -0.122. The van der Waals surface area contributed by atoms with Gasteiger partial charge in [-0.15, -0.1) is 0 Å². The van der Waals surface area contributed by atoms with E-state index >= 15 is 0 Å². The molecule has 0 unspecified atom stereocenters. The summed E-state index contributed by atoms with van der Waals surface area (Å²) in [4.78, 5) is 39.0. The quantitative estimate of drug-likeness (QED) is 0.648. The average Bonchev–Trinajstić information content (AvgIpc) is 3.40. The summed E-state index contributed by atoms with van der Waals surface area (Å²) in [7, 11) is 0. The number of nitrogens with zero attached hydrogens (tertiary/aromatic N) is 1. The van der Waals surface area contributed by atoms with Crippen molar-refractivity contribution in [2.24, 2.45) is 5.92 Å². The van der Waals surface area contributed by atoms with E-state index in [4.69, 9.17) is 0 Å². The molecule has 0 radical (unpaired) electrons. The fourth-order valence-electron chi connectivity index (χ4n) is 3.28. The van der Waals surface area contributed by atoms with Crippen molar-refractivity contribution >= 4 is 46.1 Å². The van der Waals surface area contributed by atoms with E-state index in [9.17, 15) is 18.8 Å². The fourth-order valence-corrected chi connectivity index (χ4v) is 3.91. The second-order valence-electron chi connectivity index (χ2n) is 6.88. The lowest BCUT2D eigenvalue weighted by Gasteiger charge is -2.17. The van der Waals surface area contributed by atoms with Crippen molar-refractivity contribution in [3.8, 4) is 0 Å². The van der Waals surface area contributed by atoms with Crippen LogP contribution >= 0.6 is 11.3 Å². The first-order valence-electron chi connectivity index (χ1n) is 9.30. The molecule has 1 aliphatic rings. The number of anilines is 3. The Morgan fingerprint density at radius 3 is 2.37 bits per heavy atom. The zero-order valence-corrected chi connectivity index (χ0v) is 16.6. The van der Waals surface area contributed by atoms with Crippen molar-refractivity contribution in [1.82, 2.24) is 0 Å². The van der Waals surface area contributed by atoms with Crippen LogP contribution < -0.4 is 15.5 Å². The van der Waals surface area contributed by atoms with Crippen molar-refractivity contribution in [2.75, 3.05) is 22.1 Å². The molecule has 8 heteroatoms. The van der Waals surface area contributed by atoms with Crippen molar-refractivity contribution < 1.29 is 18.8 Å². The van der Waals surface area contributed by atoms with E-state index in [1.54, 1.807) is 35.7 Å². The second kappa shape index (κ2) is 8.46. The van der Waals surface area contributed by atoms with E-state index in [-0.39, 0.29) is 36.5 Å². The third kappa shape index (κ3) is 4.23. The van der Waals surface area contributed by atoms with Crippen molar-refractivity contribution in [1.29, 1.82) is 0 Å². The molecule has 3 amide bonds. The number of halogens is 1. The molecule has 2 aromatic carbocycles. The van der Waals surface area contributed by atoms with Gasteiger partial charge in [0.25, 0.3) is 5.91 Å². The Bertz CT molecular complexity index is 1080. The number of rotatable bonds is 5. The topological polar surface area (TPSA) is 78.5 Å². The number of carbonyl (C=O) groups is 3. The molecule has 2 heterocycles. The zero-order valence-electron chi connectivity index (χ0n) is 15.8. The second-order valence-corrected chi connectivity index (χ2v) is 7.66. The predicted molar refractivity (Wildman–Crippen MR) is 114 cm³/mol. The van der Waals surface area contributed by atoms with Crippen LogP contribution in [0.2, 0.25) is 0 Å². The number of hydrogen-bond donors (Lipinski definition) is 2. The maximum Gasteiger partial charge on any atom is 0.256 e. The van der Waals surface area contributed by atoms with Gasteiger partial charge in [-0.25, -0.2) is 4.39 Å². The summed E-state index contributed by atoms with van der Waals surface area (Å²) < 4.78 is 13.1. The van der Waals surface area contributed by atoms with Gasteiger partial charge in [0.05, 0.1) is 22.9 Å². The molecule has 6 nitrogen and oxygen atoms in total. The Morgan fingerprint density at radius 2 is 1.70 bits per heavy atom. The van der Waals surface area contributed by atoms with Gasteiger partial charge in [0, 0.05) is 24.0 Å². The summed E-state index contributed by atoms with van der Waals surface area (Å²) in [6.45, 7) is 0.208. The molecule has 1 atom stereocenters. The molecule has 4 rings (SSSR count). The minimum atomic E-state index is -0.553. The van der Waals surface area contributed by atoms with E-state index in [0.717, 1.165) is 0 Å². The molecule has 1 aliphatic heterocycles. The summed E-state index contributed by atoms with van der Waals surface area (Å²) in [5.41, 5.74) is 2.03. The van der Waals surface area contributed by atoms with Gasteiger partial charge in [-0.2, -0.15) is 11.3 Å². The van der Waals surface area contributed by atoms with Crippen LogP contribution in [0.3, 0.4) is 0 Å². The number of thiophene rings is 1. The number of benzene rings is 2. The highest BCUT2D eigenvalue weighted by molar-refractivity contribution is 7.08. The number of nitrogens with one attached hydrogen (secondary N) is 2. The number of para-hydroxylation sites is 2. The summed E-state index contributed by atoms with van der Waals surface area (Å²) in [6.07, 6.45) is 0.0621. The van der Waals surface area contributed by atoms with Crippen LogP contribution in [0.15, 0.2) is 65.4 Å². The van der Waals surface area contributed by atoms with Crippen LogP contribution in [-0.4, -0.2) is 24.3 Å². The highest BCUT2D eigenvalue weighted by atomic mass is 32.1. The fraction of sp³-hybridized carbons (Fsp3) is 0.136. The van der Waals surface area contributed by atoms with Crippen LogP contribution in [0, 0.1) is 11.7 Å². The number of amides is 3. The Balaban J connectivity index is 1.45. The van der Waals surface area contributed by atoms with Gasteiger partial charge in [-0.1, -0.05) is 12.1 Å². The molecule has 1 aromatic heterocycles. The van der Waals surface area contributed by atoms with Gasteiger partial charge in [0.1, 0.15) is 5.82 Å². The highest BCUT2D eigenvalue weighted by Crippen LogP contribution is 2.28. The summed E-state index contributed by atoms with van der Waals surface area (Å²) >= 11 is 1.42. The van der Waals surface area contributed by atoms with Crippen LogP contribution in [-0.2, 0) is 9.59 Å². The van der Waals surface area contributed by atoms with Crippen molar-refractivity contribution in [2.45, 2.75) is 6.42 Å². The standard InChI is InChI=1S/C22H18FN3O3S/c23-16-5-7-17(8-6-16)26-12-15(11-20(26)27)22(29)25-19-4-2-1-3-18(19)24-21(28)14-9-10-30-13-14/h1-10,13,15H,11-12H2,(H,24,28)(H,25,29)/t15-/m1/s1. The van der Waals surface area contributed by atoms with Gasteiger partial charge in [0.2, 0.25) is 11.8 Å². The zero-order chi connectivity index (χ0) is 21.1. The molecule has 30 heavy (non-hydrogen) atoms. The molecule has 152 valence electrons. The van der Waals surface area contributed by atoms with E-state index in [1.165, 1.54) is 40.5 Å². The number of hydrogen-bond acceptors (Lipinski definition) is 4. The van der Waals surface area contributed by atoms with Crippen LogP contribution in [0.25, 0.3) is 0 Å². The average molecular weight is 423 g/mol. The number of carbonyl (C=O) groups excluding carboxylic acids is 3. The molecule has 2 N–H and O–H groups in total. The third-order valence-corrected chi connectivity index (χ3v) is 5.53. The van der Waals surface area contributed by atoms with Gasteiger partial charge in [-0.3, -0.25) is 14.4 Å². The first kappa shape index (κ1) is 19.8. The van der Waals surface area contributed by atoms with E-state index in [0.29, 0.717) is 22.6 Å². The SMILES string of the molecule is O=C(Nc1ccccc1NC(=O)[C@@H]1CC(=O)N(c2ccc(F)cc2)C1)c1ccsc1. The van der Waals surface area contributed by atoms with Crippen LogP contribution in [0.1, 0.15) is 16.8 Å². The monoisotopic (exact) mass is 423 g/mol. The van der Waals surface area contributed by atoms with Crippen LogP contribution in [0.5, 0.6) is 0 Å². The van der Waals surface area contributed by atoms with Crippen molar-refractivity contribution in [3.63, 3.8) is 0 Å². The molecular formula is C22H18FN3O3S. The Hall–Kier alpha value is -3.52. The first-order valence-corrected chi connectivity index (χ1v) is 10.2. The minimum absolute atomic E-state index is 0.0621. The molecular weight excluding hydrogens is 405 g/mol. The van der Waals surface area contributed by atoms with Gasteiger partial charge in [-0.05, 0) is 47.8 Å². The Labute approximate surface area is 176 Å². The first-order chi connectivity index (χ1) is 14.5. The van der Waals surface area contributed by atoms with Crippen LogP contribution in [0.4, 0.5) is 21.5 Å². The van der Waals surface area contributed by atoms with Gasteiger partial charge < -0.3 is 15.5 Å². The third-order valence-electron chi connectivity index (χ3n) is 4.85. The van der Waals surface area contributed by atoms with Gasteiger partial charge in [0.15, 0.2) is 0 Å². The summed E-state index contributed by atoms with van der Waals surface area (Å²) in [6, 6.07) is 14.2. The largest absolute Gasteiger partial charge is 0.324 e. The highest BCUT2D eigenvalue weighted by Gasteiger charge is 2.35. The summed E-state index contributed by atoms with van der Waals surface area (Å²) in [5.74, 6) is -1.72. The molecule has 0 aliphatic carbocycles. The smallest absolute Gasteiger partial charge is 0.256 e.